The number of carboxylic acids is 1. The van der Waals surface area contributed by atoms with Gasteiger partial charge in [-0.3, -0.25) is 14.4 Å². The number of nitrogens with one attached hydrogen (secondary N) is 3. The third-order valence-corrected chi connectivity index (χ3v) is 5.48. The molecule has 1 heterocycles. The number of primary amides is 1. The number of aliphatic carboxylic acids is 1. The van der Waals surface area contributed by atoms with Crippen LogP contribution in [0, 0.1) is 0 Å². The van der Waals surface area contributed by atoms with Gasteiger partial charge in [0, 0.05) is 23.5 Å². The van der Waals surface area contributed by atoms with Gasteiger partial charge in [0.1, 0.15) is 17.8 Å². The summed E-state index contributed by atoms with van der Waals surface area (Å²) in [4.78, 5) is 51.6. The fourth-order valence-corrected chi connectivity index (χ4v) is 3.66. The molecule has 0 spiro atoms. The Kier molecular flexibility index (Phi) is 8.05. The van der Waals surface area contributed by atoms with Crippen molar-refractivity contribution in [2.45, 2.75) is 37.4 Å². The van der Waals surface area contributed by atoms with E-state index in [1.165, 1.54) is 12.1 Å². The summed E-state index contributed by atoms with van der Waals surface area (Å²) >= 11 is 0. The predicted octanol–water partition coefficient (Wildman–Crippen LogP) is -0.0844. The van der Waals surface area contributed by atoms with Gasteiger partial charge in [-0.25, -0.2) is 4.79 Å². The zero-order chi connectivity index (χ0) is 25.5. The molecular formula is C24H27N5O6. The van der Waals surface area contributed by atoms with Crippen molar-refractivity contribution in [3.8, 4) is 5.75 Å². The standard InChI is InChI=1S/C24H27N5O6/c25-17(10-14-12-27-18-4-2-1-3-16(14)18)22(32)28-19(9-13-5-7-15(30)8-6-13)23(33)29-20(24(34)35)11-21(26)31/h1-8,12,17,19-20,27,30H,9-11,25H2,(H2,26,31)(H,28,32)(H,29,33)(H,34,35). The van der Waals surface area contributed by atoms with E-state index in [0.717, 1.165) is 16.5 Å². The van der Waals surface area contributed by atoms with Crippen LogP contribution < -0.4 is 22.1 Å². The molecule has 0 aliphatic heterocycles. The Hall–Kier alpha value is -4.38. The Labute approximate surface area is 200 Å². The molecule has 11 nitrogen and oxygen atoms in total. The number of H-pyrrole nitrogens is 1. The van der Waals surface area contributed by atoms with E-state index in [1.807, 2.05) is 24.3 Å². The zero-order valence-electron chi connectivity index (χ0n) is 18.7. The van der Waals surface area contributed by atoms with Crippen LogP contribution in [-0.4, -0.2) is 57.0 Å². The lowest BCUT2D eigenvalue weighted by Gasteiger charge is -2.23. The molecule has 0 aliphatic rings. The second-order valence-electron chi connectivity index (χ2n) is 8.17. The zero-order valence-corrected chi connectivity index (χ0v) is 18.7. The molecule has 0 saturated heterocycles. The van der Waals surface area contributed by atoms with Gasteiger partial charge in [0.2, 0.25) is 17.7 Å². The van der Waals surface area contributed by atoms with Crippen LogP contribution in [0.3, 0.4) is 0 Å². The number of fused-ring (bicyclic) bond motifs is 1. The summed E-state index contributed by atoms with van der Waals surface area (Å²) in [5.74, 6) is -3.76. The minimum atomic E-state index is -1.56. The Bertz CT molecular complexity index is 1220. The number of benzene rings is 2. The SMILES string of the molecule is NC(=O)CC(NC(=O)C(Cc1ccc(O)cc1)NC(=O)C(N)Cc1c[nH]c2ccccc12)C(=O)O. The number of rotatable bonds is 11. The number of carbonyl (C=O) groups is 4. The number of phenolic OH excluding ortho intramolecular Hbond substituents is 1. The van der Waals surface area contributed by atoms with Gasteiger partial charge in [0.05, 0.1) is 12.5 Å². The quantitative estimate of drug-likeness (QED) is 0.198. The topological polar surface area (TPSA) is 201 Å². The Morgan fingerprint density at radius 3 is 2.23 bits per heavy atom. The third-order valence-electron chi connectivity index (χ3n) is 5.48. The molecule has 0 fully saturated rings. The number of amides is 3. The number of hydrogen-bond donors (Lipinski definition) is 7. The second-order valence-corrected chi connectivity index (χ2v) is 8.17. The van der Waals surface area contributed by atoms with Crippen molar-refractivity contribution in [2.75, 3.05) is 0 Å². The lowest BCUT2D eigenvalue weighted by Crippen LogP contribution is -2.56. The maximum atomic E-state index is 12.9. The molecule has 3 atom stereocenters. The van der Waals surface area contributed by atoms with Crippen LogP contribution in [0.15, 0.2) is 54.7 Å². The first kappa shape index (κ1) is 25.2. The Morgan fingerprint density at radius 1 is 0.914 bits per heavy atom. The smallest absolute Gasteiger partial charge is 0.326 e. The molecule has 184 valence electrons. The van der Waals surface area contributed by atoms with Crippen molar-refractivity contribution >= 4 is 34.6 Å². The molecule has 11 heteroatoms. The van der Waals surface area contributed by atoms with Crippen molar-refractivity contribution in [2.24, 2.45) is 11.5 Å². The Balaban J connectivity index is 1.75. The maximum Gasteiger partial charge on any atom is 0.326 e. The monoisotopic (exact) mass is 481 g/mol. The van der Waals surface area contributed by atoms with E-state index in [0.29, 0.717) is 5.56 Å². The molecule has 0 bridgehead atoms. The summed E-state index contributed by atoms with van der Waals surface area (Å²) in [5, 5.41) is 24.6. The molecule has 1 aromatic heterocycles. The molecule has 3 amide bonds. The minimum Gasteiger partial charge on any atom is -0.508 e. The van der Waals surface area contributed by atoms with Gasteiger partial charge in [0.25, 0.3) is 0 Å². The second kappa shape index (κ2) is 11.2. The number of aromatic hydroxyl groups is 1. The predicted molar refractivity (Wildman–Crippen MR) is 127 cm³/mol. The lowest BCUT2D eigenvalue weighted by atomic mass is 10.0. The average molecular weight is 482 g/mol. The van der Waals surface area contributed by atoms with Crippen molar-refractivity contribution in [1.29, 1.82) is 0 Å². The fourth-order valence-electron chi connectivity index (χ4n) is 3.66. The largest absolute Gasteiger partial charge is 0.508 e. The lowest BCUT2D eigenvalue weighted by molar-refractivity contribution is -0.143. The van der Waals surface area contributed by atoms with Gasteiger partial charge in [-0.1, -0.05) is 30.3 Å². The van der Waals surface area contributed by atoms with Gasteiger partial charge < -0.3 is 37.3 Å². The number of hydrogen-bond acceptors (Lipinski definition) is 6. The number of carbonyl (C=O) groups excluding carboxylic acids is 3. The summed E-state index contributed by atoms with van der Waals surface area (Å²) in [6.07, 6.45) is 1.34. The van der Waals surface area contributed by atoms with E-state index in [1.54, 1.807) is 18.3 Å². The molecule has 9 N–H and O–H groups in total. The van der Waals surface area contributed by atoms with E-state index < -0.39 is 48.2 Å². The van der Waals surface area contributed by atoms with Crippen LogP contribution >= 0.6 is 0 Å². The van der Waals surface area contributed by atoms with E-state index in [4.69, 9.17) is 11.5 Å². The van der Waals surface area contributed by atoms with Gasteiger partial charge in [-0.15, -0.1) is 0 Å². The summed E-state index contributed by atoms with van der Waals surface area (Å²) in [5.41, 5.74) is 13.5. The first-order valence-corrected chi connectivity index (χ1v) is 10.8. The molecular weight excluding hydrogens is 454 g/mol. The van der Waals surface area contributed by atoms with Crippen LogP contribution in [0.25, 0.3) is 10.9 Å². The van der Waals surface area contributed by atoms with E-state index in [2.05, 4.69) is 15.6 Å². The molecule has 35 heavy (non-hydrogen) atoms. The molecule has 3 rings (SSSR count). The van der Waals surface area contributed by atoms with Crippen molar-refractivity contribution < 1.29 is 29.4 Å². The Morgan fingerprint density at radius 2 is 1.57 bits per heavy atom. The van der Waals surface area contributed by atoms with Crippen molar-refractivity contribution in [3.63, 3.8) is 0 Å². The summed E-state index contributed by atoms with van der Waals surface area (Å²) in [6.45, 7) is 0. The molecule has 0 saturated carbocycles. The highest BCUT2D eigenvalue weighted by Crippen LogP contribution is 2.19. The van der Waals surface area contributed by atoms with E-state index >= 15 is 0 Å². The number of phenols is 1. The van der Waals surface area contributed by atoms with E-state index in [-0.39, 0.29) is 18.6 Å². The number of para-hydroxylation sites is 1. The van der Waals surface area contributed by atoms with Gasteiger partial charge in [0.15, 0.2) is 0 Å². The fraction of sp³-hybridized carbons (Fsp3) is 0.250. The molecule has 3 aromatic rings. The van der Waals surface area contributed by atoms with Gasteiger partial charge in [-0.2, -0.15) is 0 Å². The number of carboxylic acid groups (broad SMARTS) is 1. The van der Waals surface area contributed by atoms with Crippen molar-refractivity contribution in [3.05, 3.63) is 65.9 Å². The number of aromatic nitrogens is 1. The summed E-state index contributed by atoms with van der Waals surface area (Å²) < 4.78 is 0. The summed E-state index contributed by atoms with van der Waals surface area (Å²) in [6, 6.07) is 9.76. The molecule has 0 aliphatic carbocycles. The number of nitrogens with two attached hydrogens (primary N) is 2. The van der Waals surface area contributed by atoms with Crippen LogP contribution in [0.5, 0.6) is 5.75 Å². The molecule has 3 unspecified atom stereocenters. The first-order valence-electron chi connectivity index (χ1n) is 10.8. The van der Waals surface area contributed by atoms with Gasteiger partial charge in [-0.05, 0) is 35.7 Å². The van der Waals surface area contributed by atoms with Crippen LogP contribution in [-0.2, 0) is 32.0 Å². The molecule has 2 aromatic carbocycles. The maximum absolute atomic E-state index is 12.9. The first-order chi connectivity index (χ1) is 16.6. The highest BCUT2D eigenvalue weighted by Gasteiger charge is 2.29. The molecule has 0 radical (unpaired) electrons. The number of aromatic amines is 1. The van der Waals surface area contributed by atoms with E-state index in [9.17, 15) is 29.4 Å². The highest BCUT2D eigenvalue weighted by molar-refractivity contribution is 5.93. The van der Waals surface area contributed by atoms with Crippen LogP contribution in [0.1, 0.15) is 17.5 Å². The third kappa shape index (κ3) is 6.81. The average Bonchev–Trinajstić information content (AvgIpc) is 3.21. The van der Waals surface area contributed by atoms with Gasteiger partial charge >= 0.3 is 5.97 Å². The highest BCUT2D eigenvalue weighted by atomic mass is 16.4. The minimum absolute atomic E-state index is 0.0133. The normalized spacial score (nSPS) is 13.5. The van der Waals surface area contributed by atoms with Crippen LogP contribution in [0.4, 0.5) is 0 Å². The van der Waals surface area contributed by atoms with Crippen molar-refractivity contribution in [1.82, 2.24) is 15.6 Å². The summed E-state index contributed by atoms with van der Waals surface area (Å²) in [7, 11) is 0. The van der Waals surface area contributed by atoms with Crippen LogP contribution in [0.2, 0.25) is 0 Å².